The number of carbonyl (C=O) groups is 2. The van der Waals surface area contributed by atoms with Crippen LogP contribution in [-0.4, -0.2) is 19.2 Å². The smallest absolute Gasteiger partial charge is 0.411 e. The highest BCUT2D eigenvalue weighted by Crippen LogP contribution is 2.24. The molecule has 2 rings (SSSR count). The number of esters is 1. The molecule has 0 spiro atoms. The van der Waals surface area contributed by atoms with Crippen LogP contribution in [0.4, 0.5) is 10.5 Å². The Morgan fingerprint density at radius 3 is 2.40 bits per heavy atom. The van der Waals surface area contributed by atoms with Crippen LogP contribution in [0.1, 0.15) is 9.67 Å². The van der Waals surface area contributed by atoms with Gasteiger partial charge in [-0.1, -0.05) is 0 Å². The molecule has 0 saturated carbocycles. The third kappa shape index (κ3) is 3.82. The zero-order chi connectivity index (χ0) is 14.5. The van der Waals surface area contributed by atoms with Crippen LogP contribution < -0.4 is 10.1 Å². The molecular weight excluding hydrogens is 346 g/mol. The maximum absolute atomic E-state index is 11.8. The van der Waals surface area contributed by atoms with Gasteiger partial charge in [0.05, 0.1) is 10.9 Å². The van der Waals surface area contributed by atoms with E-state index in [0.717, 1.165) is 3.79 Å². The van der Waals surface area contributed by atoms with Gasteiger partial charge in [-0.3, -0.25) is 5.32 Å². The molecule has 0 atom stereocenters. The predicted molar refractivity (Wildman–Crippen MR) is 79.4 cm³/mol. The van der Waals surface area contributed by atoms with E-state index in [-0.39, 0.29) is 0 Å². The molecule has 0 fully saturated rings. The molecule has 1 aromatic carbocycles. The molecule has 7 heteroatoms. The van der Waals surface area contributed by atoms with Crippen LogP contribution in [0.25, 0.3) is 0 Å². The van der Waals surface area contributed by atoms with Crippen LogP contribution in [-0.2, 0) is 4.74 Å². The maximum Gasteiger partial charge on any atom is 0.411 e. The lowest BCUT2D eigenvalue weighted by Gasteiger charge is -2.05. The normalized spacial score (nSPS) is 9.90. The summed E-state index contributed by atoms with van der Waals surface area (Å²) in [5, 5.41) is 2.50. The van der Waals surface area contributed by atoms with Crippen LogP contribution in [0.3, 0.4) is 0 Å². The van der Waals surface area contributed by atoms with Crippen LogP contribution in [0.15, 0.2) is 40.2 Å². The number of anilines is 1. The molecule has 0 radical (unpaired) electrons. The minimum absolute atomic E-state index is 0.398. The van der Waals surface area contributed by atoms with E-state index in [1.807, 2.05) is 0 Å². The van der Waals surface area contributed by atoms with E-state index < -0.39 is 12.1 Å². The van der Waals surface area contributed by atoms with Gasteiger partial charge in [-0.15, -0.1) is 11.3 Å². The minimum atomic E-state index is -0.557. The summed E-state index contributed by atoms with van der Waals surface area (Å²) in [6.07, 6.45) is -0.557. The molecular formula is C13H10BrNO4S. The highest BCUT2D eigenvalue weighted by atomic mass is 79.9. The third-order valence-electron chi connectivity index (χ3n) is 2.27. The van der Waals surface area contributed by atoms with Crippen molar-refractivity contribution in [3.8, 4) is 5.75 Å². The average molecular weight is 356 g/mol. The monoisotopic (exact) mass is 355 g/mol. The molecule has 2 aromatic rings. The van der Waals surface area contributed by atoms with Gasteiger partial charge in [0.15, 0.2) is 0 Å². The second-order valence-electron chi connectivity index (χ2n) is 3.63. The highest BCUT2D eigenvalue weighted by molar-refractivity contribution is 9.11. The molecule has 0 bridgehead atoms. The molecule has 1 heterocycles. The van der Waals surface area contributed by atoms with Crippen LogP contribution in [0.2, 0.25) is 0 Å². The number of rotatable bonds is 3. The fraction of sp³-hybridized carbons (Fsp3) is 0.0769. The van der Waals surface area contributed by atoms with E-state index in [9.17, 15) is 9.59 Å². The number of nitrogens with one attached hydrogen (secondary N) is 1. The summed E-state index contributed by atoms with van der Waals surface area (Å²) >= 11 is 4.58. The number of hydrogen-bond acceptors (Lipinski definition) is 5. The maximum atomic E-state index is 11.8. The number of amides is 1. The molecule has 5 nitrogen and oxygen atoms in total. The second kappa shape index (κ2) is 6.53. The molecule has 20 heavy (non-hydrogen) atoms. The number of methoxy groups -OCH3 is 1. The Bertz CT molecular complexity index is 624. The Morgan fingerprint density at radius 2 is 1.85 bits per heavy atom. The summed E-state index contributed by atoms with van der Waals surface area (Å²) in [4.78, 5) is 23.3. The molecule has 1 amide bonds. The number of hydrogen-bond donors (Lipinski definition) is 1. The number of ether oxygens (including phenoxy) is 2. The zero-order valence-corrected chi connectivity index (χ0v) is 12.8. The van der Waals surface area contributed by atoms with Gasteiger partial charge < -0.3 is 9.47 Å². The van der Waals surface area contributed by atoms with Gasteiger partial charge in [0.1, 0.15) is 10.6 Å². The van der Waals surface area contributed by atoms with Crippen molar-refractivity contribution < 1.29 is 19.1 Å². The Balaban J connectivity index is 2.00. The van der Waals surface area contributed by atoms with Gasteiger partial charge in [-0.25, -0.2) is 9.59 Å². The SMILES string of the molecule is COC(=O)Nc1ccc(OC(=O)c2ccc(Br)s2)cc1. The lowest BCUT2D eigenvalue weighted by molar-refractivity contribution is 0.0740. The number of benzene rings is 1. The van der Waals surface area contributed by atoms with Crippen molar-refractivity contribution in [3.63, 3.8) is 0 Å². The Morgan fingerprint density at radius 1 is 1.15 bits per heavy atom. The number of carbonyl (C=O) groups excluding carboxylic acids is 2. The van der Waals surface area contributed by atoms with Crippen molar-refractivity contribution in [1.29, 1.82) is 0 Å². The van der Waals surface area contributed by atoms with Gasteiger partial charge in [0.25, 0.3) is 0 Å². The first kappa shape index (κ1) is 14.5. The third-order valence-corrected chi connectivity index (χ3v) is 3.87. The summed E-state index contributed by atoms with van der Waals surface area (Å²) in [7, 11) is 1.28. The van der Waals surface area contributed by atoms with Crippen LogP contribution in [0, 0.1) is 0 Å². The summed E-state index contributed by atoms with van der Waals surface area (Å²) < 4.78 is 10.5. The van der Waals surface area contributed by atoms with Crippen molar-refractivity contribution in [3.05, 3.63) is 45.1 Å². The largest absolute Gasteiger partial charge is 0.453 e. The van der Waals surface area contributed by atoms with Gasteiger partial charge in [-0.05, 0) is 52.3 Å². The summed E-state index contributed by atoms with van der Waals surface area (Å²) in [5.74, 6) is -0.0238. The molecule has 1 N–H and O–H groups in total. The van der Waals surface area contributed by atoms with Crippen molar-refractivity contribution in [1.82, 2.24) is 0 Å². The van der Waals surface area contributed by atoms with Crippen molar-refractivity contribution in [2.45, 2.75) is 0 Å². The van der Waals surface area contributed by atoms with E-state index >= 15 is 0 Å². The summed E-state index contributed by atoms with van der Waals surface area (Å²) in [5.41, 5.74) is 0.551. The Kier molecular flexibility index (Phi) is 4.75. The first-order chi connectivity index (χ1) is 9.58. The fourth-order valence-corrected chi connectivity index (χ4v) is 2.62. The lowest BCUT2D eigenvalue weighted by atomic mass is 10.3. The van der Waals surface area contributed by atoms with Crippen molar-refractivity contribution >= 4 is 45.0 Å². The van der Waals surface area contributed by atoms with E-state index in [1.165, 1.54) is 18.4 Å². The quantitative estimate of drug-likeness (QED) is 0.669. The van der Waals surface area contributed by atoms with E-state index in [0.29, 0.717) is 16.3 Å². The number of halogens is 1. The van der Waals surface area contributed by atoms with Crippen LogP contribution in [0.5, 0.6) is 5.75 Å². The lowest BCUT2D eigenvalue weighted by Crippen LogP contribution is -2.11. The second-order valence-corrected chi connectivity index (χ2v) is 6.10. The van der Waals surface area contributed by atoms with Gasteiger partial charge >= 0.3 is 12.1 Å². The van der Waals surface area contributed by atoms with Crippen LogP contribution >= 0.6 is 27.3 Å². The zero-order valence-electron chi connectivity index (χ0n) is 10.4. The fourth-order valence-electron chi connectivity index (χ4n) is 1.36. The molecule has 0 unspecified atom stereocenters. The first-order valence-electron chi connectivity index (χ1n) is 5.51. The first-order valence-corrected chi connectivity index (χ1v) is 7.12. The van der Waals surface area contributed by atoms with E-state index in [2.05, 4.69) is 26.0 Å². The van der Waals surface area contributed by atoms with Gasteiger partial charge in [-0.2, -0.15) is 0 Å². The summed E-state index contributed by atoms with van der Waals surface area (Å²) in [6, 6.07) is 9.88. The molecule has 0 aliphatic carbocycles. The summed E-state index contributed by atoms with van der Waals surface area (Å²) in [6.45, 7) is 0. The molecule has 104 valence electrons. The minimum Gasteiger partial charge on any atom is -0.453 e. The molecule has 0 aliphatic heterocycles. The number of thiophene rings is 1. The van der Waals surface area contributed by atoms with E-state index in [4.69, 9.17) is 4.74 Å². The highest BCUT2D eigenvalue weighted by Gasteiger charge is 2.11. The van der Waals surface area contributed by atoms with Gasteiger partial charge in [0, 0.05) is 5.69 Å². The van der Waals surface area contributed by atoms with Gasteiger partial charge in [0.2, 0.25) is 0 Å². The average Bonchev–Trinajstić information content (AvgIpc) is 2.87. The van der Waals surface area contributed by atoms with E-state index in [1.54, 1.807) is 36.4 Å². The van der Waals surface area contributed by atoms with Crippen molar-refractivity contribution in [2.24, 2.45) is 0 Å². The Labute approximate surface area is 127 Å². The van der Waals surface area contributed by atoms with Crippen molar-refractivity contribution in [2.75, 3.05) is 12.4 Å². The predicted octanol–water partition coefficient (Wildman–Crippen LogP) is 3.91. The molecule has 0 saturated heterocycles. The molecule has 1 aromatic heterocycles. The standard InChI is InChI=1S/C13H10BrNO4S/c1-18-13(17)15-8-2-4-9(5-3-8)19-12(16)10-6-7-11(14)20-10/h2-7H,1H3,(H,15,17). The Hall–Kier alpha value is -1.86. The molecule has 0 aliphatic rings. The topological polar surface area (TPSA) is 64.6 Å².